The van der Waals surface area contributed by atoms with E-state index in [-0.39, 0.29) is 17.7 Å². The van der Waals surface area contributed by atoms with Gasteiger partial charge < -0.3 is 10.1 Å². The fourth-order valence-electron chi connectivity index (χ4n) is 2.64. The van der Waals surface area contributed by atoms with Crippen molar-refractivity contribution in [2.24, 2.45) is 7.05 Å². The molecule has 0 aliphatic carbocycles. The number of hydrogen-bond acceptors (Lipinski definition) is 5. The van der Waals surface area contributed by atoms with Gasteiger partial charge in [0, 0.05) is 49.8 Å². The Hall–Kier alpha value is -1.73. The van der Waals surface area contributed by atoms with E-state index in [1.165, 1.54) is 0 Å². The van der Waals surface area contributed by atoms with E-state index in [2.05, 4.69) is 22.3 Å². The van der Waals surface area contributed by atoms with Gasteiger partial charge in [0.15, 0.2) is 0 Å². The number of aromatic nitrogens is 3. The van der Waals surface area contributed by atoms with Gasteiger partial charge in [-0.15, -0.1) is 11.3 Å². The summed E-state index contributed by atoms with van der Waals surface area (Å²) < 4.78 is 7.12. The van der Waals surface area contributed by atoms with Gasteiger partial charge in [-0.25, -0.2) is 4.98 Å². The summed E-state index contributed by atoms with van der Waals surface area (Å²) in [5.74, 6) is 0.357. The van der Waals surface area contributed by atoms with E-state index in [9.17, 15) is 4.79 Å². The first-order valence-corrected chi connectivity index (χ1v) is 8.32. The first-order chi connectivity index (χ1) is 10.6. The first-order valence-electron chi connectivity index (χ1n) is 7.44. The van der Waals surface area contributed by atoms with E-state index >= 15 is 0 Å². The second-order valence-corrected chi connectivity index (χ2v) is 6.57. The molecular weight excluding hydrogens is 300 g/mol. The Morgan fingerprint density at radius 2 is 2.50 bits per heavy atom. The molecule has 3 heterocycles. The van der Waals surface area contributed by atoms with Crippen molar-refractivity contribution in [2.75, 3.05) is 19.8 Å². The number of thiazole rings is 1. The number of carbonyl (C=O) groups is 1. The lowest BCUT2D eigenvalue weighted by Crippen LogP contribution is -2.28. The Bertz CT molecular complexity index is 632. The SMILES string of the molecule is CC(CNC(=O)c1cn(C)nc1C1CCOC1)c1nccs1. The topological polar surface area (TPSA) is 69.0 Å². The molecule has 7 heteroatoms. The molecule has 0 spiro atoms. The summed E-state index contributed by atoms with van der Waals surface area (Å²) in [7, 11) is 1.84. The Morgan fingerprint density at radius 3 is 3.18 bits per heavy atom. The van der Waals surface area contributed by atoms with Crippen LogP contribution < -0.4 is 5.32 Å². The monoisotopic (exact) mass is 320 g/mol. The molecule has 2 unspecified atom stereocenters. The van der Waals surface area contributed by atoms with Crippen LogP contribution in [0.25, 0.3) is 0 Å². The highest BCUT2D eigenvalue weighted by Crippen LogP contribution is 2.26. The number of ether oxygens (including phenoxy) is 1. The maximum Gasteiger partial charge on any atom is 0.254 e. The van der Waals surface area contributed by atoms with Crippen molar-refractivity contribution in [1.82, 2.24) is 20.1 Å². The molecule has 1 amide bonds. The smallest absolute Gasteiger partial charge is 0.254 e. The van der Waals surface area contributed by atoms with Crippen LogP contribution in [0.5, 0.6) is 0 Å². The molecule has 0 aromatic carbocycles. The molecule has 118 valence electrons. The van der Waals surface area contributed by atoms with Gasteiger partial charge in [-0.05, 0) is 6.42 Å². The zero-order chi connectivity index (χ0) is 15.5. The van der Waals surface area contributed by atoms with E-state index in [1.54, 1.807) is 28.4 Å². The third-order valence-electron chi connectivity index (χ3n) is 3.86. The van der Waals surface area contributed by atoms with Crippen molar-refractivity contribution in [2.45, 2.75) is 25.2 Å². The molecule has 0 saturated carbocycles. The molecule has 2 atom stereocenters. The van der Waals surface area contributed by atoms with Gasteiger partial charge in [0.1, 0.15) is 0 Å². The number of rotatable bonds is 5. The second kappa shape index (κ2) is 6.58. The molecule has 6 nitrogen and oxygen atoms in total. The quantitative estimate of drug-likeness (QED) is 0.914. The summed E-state index contributed by atoms with van der Waals surface area (Å²) in [6.07, 6.45) is 4.50. The van der Waals surface area contributed by atoms with Gasteiger partial charge in [-0.3, -0.25) is 9.48 Å². The van der Waals surface area contributed by atoms with Crippen LogP contribution in [0.1, 0.15) is 46.2 Å². The van der Waals surface area contributed by atoms with Gasteiger partial charge in [-0.1, -0.05) is 6.92 Å². The minimum Gasteiger partial charge on any atom is -0.381 e. The number of carbonyl (C=O) groups excluding carboxylic acids is 1. The van der Waals surface area contributed by atoms with Crippen molar-refractivity contribution in [1.29, 1.82) is 0 Å². The van der Waals surface area contributed by atoms with E-state index in [4.69, 9.17) is 4.74 Å². The largest absolute Gasteiger partial charge is 0.381 e. The van der Waals surface area contributed by atoms with Crippen LogP contribution in [-0.2, 0) is 11.8 Å². The van der Waals surface area contributed by atoms with Crippen molar-refractivity contribution < 1.29 is 9.53 Å². The molecule has 2 aromatic heterocycles. The van der Waals surface area contributed by atoms with Crippen molar-refractivity contribution in [3.63, 3.8) is 0 Å². The Balaban J connectivity index is 1.67. The average Bonchev–Trinajstić information content (AvgIpc) is 3.23. The molecule has 2 aromatic rings. The summed E-state index contributed by atoms with van der Waals surface area (Å²) >= 11 is 1.61. The van der Waals surface area contributed by atoms with Crippen LogP contribution in [0.15, 0.2) is 17.8 Å². The lowest BCUT2D eigenvalue weighted by Gasteiger charge is -2.11. The lowest BCUT2D eigenvalue weighted by molar-refractivity contribution is 0.0950. The Kier molecular flexibility index (Phi) is 4.54. The molecule has 0 bridgehead atoms. The van der Waals surface area contributed by atoms with E-state index in [0.29, 0.717) is 18.7 Å². The minimum atomic E-state index is -0.0709. The van der Waals surface area contributed by atoms with Crippen LogP contribution in [0, 0.1) is 0 Å². The standard InChI is InChI=1S/C15H20N4O2S/c1-10(15-16-4-6-22-15)7-17-14(20)12-8-19(2)18-13(12)11-3-5-21-9-11/h4,6,8,10-11H,3,5,7,9H2,1-2H3,(H,17,20). The first kappa shape index (κ1) is 15.2. The second-order valence-electron chi connectivity index (χ2n) is 5.64. The molecule has 22 heavy (non-hydrogen) atoms. The molecular formula is C15H20N4O2S. The van der Waals surface area contributed by atoms with Crippen LogP contribution in [0.2, 0.25) is 0 Å². The van der Waals surface area contributed by atoms with Crippen molar-refractivity contribution in [3.8, 4) is 0 Å². The lowest BCUT2D eigenvalue weighted by atomic mass is 10.0. The molecule has 3 rings (SSSR count). The van der Waals surface area contributed by atoms with Crippen molar-refractivity contribution >= 4 is 17.2 Å². The Morgan fingerprint density at radius 1 is 1.64 bits per heavy atom. The van der Waals surface area contributed by atoms with E-state index in [0.717, 1.165) is 23.7 Å². The van der Waals surface area contributed by atoms with Crippen LogP contribution >= 0.6 is 11.3 Å². The normalized spacial score (nSPS) is 19.3. The average molecular weight is 320 g/mol. The van der Waals surface area contributed by atoms with Gasteiger partial charge in [0.2, 0.25) is 0 Å². The fourth-order valence-corrected chi connectivity index (χ4v) is 3.34. The van der Waals surface area contributed by atoms with Gasteiger partial charge >= 0.3 is 0 Å². The zero-order valence-corrected chi connectivity index (χ0v) is 13.6. The zero-order valence-electron chi connectivity index (χ0n) is 12.8. The molecule has 1 aliphatic rings. The number of hydrogen-bond donors (Lipinski definition) is 1. The summed E-state index contributed by atoms with van der Waals surface area (Å²) in [4.78, 5) is 16.8. The predicted molar refractivity (Wildman–Crippen MR) is 84.2 cm³/mol. The third-order valence-corrected chi connectivity index (χ3v) is 4.87. The maximum atomic E-state index is 12.5. The van der Waals surface area contributed by atoms with E-state index in [1.807, 2.05) is 12.4 Å². The van der Waals surface area contributed by atoms with Gasteiger partial charge in [0.25, 0.3) is 5.91 Å². The highest BCUT2D eigenvalue weighted by Gasteiger charge is 2.26. The minimum absolute atomic E-state index is 0.0709. The third kappa shape index (κ3) is 3.20. The van der Waals surface area contributed by atoms with Crippen LogP contribution in [0.3, 0.4) is 0 Å². The highest BCUT2D eigenvalue weighted by atomic mass is 32.1. The number of nitrogens with one attached hydrogen (secondary N) is 1. The maximum absolute atomic E-state index is 12.5. The van der Waals surface area contributed by atoms with Crippen molar-refractivity contribution in [3.05, 3.63) is 34.0 Å². The summed E-state index contributed by atoms with van der Waals surface area (Å²) in [6, 6.07) is 0. The molecule has 1 saturated heterocycles. The predicted octanol–water partition coefficient (Wildman–Crippen LogP) is 1.91. The Labute approximate surface area is 133 Å². The summed E-state index contributed by atoms with van der Waals surface area (Å²) in [5.41, 5.74) is 1.50. The van der Waals surface area contributed by atoms with Crippen LogP contribution in [0.4, 0.5) is 0 Å². The van der Waals surface area contributed by atoms with Gasteiger partial charge in [-0.2, -0.15) is 5.10 Å². The molecule has 1 aliphatic heterocycles. The fraction of sp³-hybridized carbons (Fsp3) is 0.533. The highest BCUT2D eigenvalue weighted by molar-refractivity contribution is 7.09. The molecule has 0 radical (unpaired) electrons. The molecule has 1 N–H and O–H groups in total. The van der Waals surface area contributed by atoms with E-state index < -0.39 is 0 Å². The summed E-state index contributed by atoms with van der Waals surface area (Å²) in [5, 5.41) is 10.4. The number of amides is 1. The van der Waals surface area contributed by atoms with Crippen LogP contribution in [-0.4, -0.2) is 40.4 Å². The summed E-state index contributed by atoms with van der Waals surface area (Å²) in [6.45, 7) is 4.02. The number of nitrogens with zero attached hydrogens (tertiary/aromatic N) is 3. The molecule has 1 fully saturated rings. The number of aryl methyl sites for hydroxylation is 1. The van der Waals surface area contributed by atoms with Gasteiger partial charge in [0.05, 0.1) is 22.9 Å².